The summed E-state index contributed by atoms with van der Waals surface area (Å²) < 4.78 is 9.06. The minimum atomic E-state index is -1.45. The summed E-state index contributed by atoms with van der Waals surface area (Å²) in [5, 5.41) is 13.3. The van der Waals surface area contributed by atoms with Gasteiger partial charge < -0.3 is 14.7 Å². The number of esters is 1. The van der Waals surface area contributed by atoms with E-state index in [-0.39, 0.29) is 5.82 Å². The van der Waals surface area contributed by atoms with E-state index in [9.17, 15) is 9.59 Å². The van der Waals surface area contributed by atoms with Crippen molar-refractivity contribution in [1.29, 1.82) is 0 Å². The van der Waals surface area contributed by atoms with Crippen LogP contribution in [-0.2, 0) is 19.2 Å². The Hall–Kier alpha value is -2.03. The van der Waals surface area contributed by atoms with Gasteiger partial charge in [0.2, 0.25) is 17.1 Å². The summed E-state index contributed by atoms with van der Waals surface area (Å²) in [6.07, 6.45) is 0. The number of carboxylic acid groups (broad SMARTS) is 1. The maximum atomic E-state index is 12.0. The van der Waals surface area contributed by atoms with Crippen LogP contribution < -0.4 is 0 Å². The van der Waals surface area contributed by atoms with Crippen molar-refractivity contribution in [2.24, 2.45) is 5.16 Å². The van der Waals surface area contributed by atoms with Crippen molar-refractivity contribution in [3.63, 3.8) is 0 Å². The lowest BCUT2D eigenvalue weighted by Gasteiger charge is -2.26. The molecule has 122 valence electrons. The Bertz CT molecular complexity index is 601. The van der Waals surface area contributed by atoms with E-state index in [4.69, 9.17) is 14.7 Å². The lowest BCUT2D eigenvalue weighted by molar-refractivity contribution is -0.179. The highest BCUT2D eigenvalue weighted by Gasteiger charge is 2.36. The van der Waals surface area contributed by atoms with Gasteiger partial charge in [-0.05, 0) is 53.1 Å². The van der Waals surface area contributed by atoms with Crippen molar-refractivity contribution in [2.75, 3.05) is 0 Å². The molecule has 0 bridgehead atoms. The van der Waals surface area contributed by atoms with Gasteiger partial charge in [-0.2, -0.15) is 4.37 Å². The highest BCUT2D eigenvalue weighted by atomic mass is 32.1. The number of nitrogens with zero attached hydrogens (tertiary/aromatic N) is 3. The van der Waals surface area contributed by atoms with Gasteiger partial charge in [-0.1, -0.05) is 5.16 Å². The highest BCUT2D eigenvalue weighted by Crippen LogP contribution is 2.18. The second kappa shape index (κ2) is 6.39. The summed E-state index contributed by atoms with van der Waals surface area (Å²) in [5.74, 6) is -2.07. The maximum absolute atomic E-state index is 12.0. The molecular formula is C13H19N3O5S. The van der Waals surface area contributed by atoms with E-state index >= 15 is 0 Å². The Morgan fingerprint density at radius 2 is 1.82 bits per heavy atom. The largest absolute Gasteiger partial charge is 0.476 e. The number of aromatic nitrogens is 2. The van der Waals surface area contributed by atoms with Gasteiger partial charge in [0.25, 0.3) is 0 Å². The van der Waals surface area contributed by atoms with Gasteiger partial charge in [0.1, 0.15) is 10.6 Å². The molecule has 0 aromatic carbocycles. The van der Waals surface area contributed by atoms with E-state index in [1.165, 1.54) is 13.8 Å². The lowest BCUT2D eigenvalue weighted by atomic mass is 10.1. The quantitative estimate of drug-likeness (QED) is 0.498. The maximum Gasteiger partial charge on any atom is 0.362 e. The minimum absolute atomic E-state index is 0.0602. The molecule has 0 radical (unpaired) electrons. The van der Waals surface area contributed by atoms with Crippen LogP contribution in [0, 0.1) is 6.92 Å². The topological polar surface area (TPSA) is 111 Å². The third-order valence-corrected chi connectivity index (χ3v) is 2.82. The molecule has 1 aromatic heterocycles. The van der Waals surface area contributed by atoms with Crippen molar-refractivity contribution in [3.8, 4) is 0 Å². The van der Waals surface area contributed by atoms with Crippen LogP contribution in [0.4, 0.5) is 0 Å². The normalized spacial score (nSPS) is 12.9. The van der Waals surface area contributed by atoms with Crippen LogP contribution in [0.2, 0.25) is 0 Å². The molecule has 0 saturated heterocycles. The minimum Gasteiger partial charge on any atom is -0.476 e. The van der Waals surface area contributed by atoms with Gasteiger partial charge in [-0.3, -0.25) is 0 Å². The molecule has 22 heavy (non-hydrogen) atoms. The number of hydrogen-bond acceptors (Lipinski definition) is 8. The standard InChI is InChI=1S/C13H19N3O5S/c1-7-14-9(16-22-7)8(10(17)18)15-21-13(5,6)11(19)20-12(2,3)4/h1-6H3,(H,17,18)/b15-8-. The molecule has 0 spiro atoms. The van der Waals surface area contributed by atoms with E-state index in [0.29, 0.717) is 5.01 Å². The van der Waals surface area contributed by atoms with Gasteiger partial charge in [-0.25, -0.2) is 14.6 Å². The molecule has 1 N–H and O–H groups in total. The molecule has 0 aliphatic carbocycles. The summed E-state index contributed by atoms with van der Waals surface area (Å²) in [7, 11) is 0. The number of aliphatic carboxylic acids is 1. The molecular weight excluding hydrogens is 310 g/mol. The first-order chi connectivity index (χ1) is 9.92. The van der Waals surface area contributed by atoms with Crippen molar-refractivity contribution in [2.45, 2.75) is 52.7 Å². The molecule has 0 saturated carbocycles. The average molecular weight is 329 g/mol. The first kappa shape index (κ1) is 18.0. The molecule has 0 aliphatic heterocycles. The first-order valence-corrected chi connectivity index (χ1v) is 7.23. The first-order valence-electron chi connectivity index (χ1n) is 6.46. The monoisotopic (exact) mass is 329 g/mol. The molecule has 1 rings (SSSR count). The molecule has 0 fully saturated rings. The fraction of sp³-hybridized carbons (Fsp3) is 0.615. The number of carbonyl (C=O) groups is 2. The second-order valence-corrected chi connectivity index (χ2v) is 6.94. The van der Waals surface area contributed by atoms with Crippen molar-refractivity contribution in [3.05, 3.63) is 10.8 Å². The van der Waals surface area contributed by atoms with Gasteiger partial charge >= 0.3 is 11.9 Å². The van der Waals surface area contributed by atoms with Crippen LogP contribution in [-0.4, -0.2) is 43.3 Å². The molecule has 0 aliphatic rings. The van der Waals surface area contributed by atoms with Crippen molar-refractivity contribution in [1.82, 2.24) is 9.36 Å². The van der Waals surface area contributed by atoms with E-state index in [1.807, 2.05) is 0 Å². The Morgan fingerprint density at radius 1 is 1.23 bits per heavy atom. The predicted molar refractivity (Wildman–Crippen MR) is 79.8 cm³/mol. The summed E-state index contributed by atoms with van der Waals surface area (Å²) >= 11 is 1.05. The third kappa shape index (κ3) is 5.06. The summed E-state index contributed by atoms with van der Waals surface area (Å²) in [6, 6.07) is 0. The predicted octanol–water partition coefficient (Wildman–Crippen LogP) is 1.77. The second-order valence-electron chi connectivity index (χ2n) is 5.99. The smallest absolute Gasteiger partial charge is 0.362 e. The molecule has 0 atom stereocenters. The van der Waals surface area contributed by atoms with E-state index in [1.54, 1.807) is 27.7 Å². The fourth-order valence-electron chi connectivity index (χ4n) is 1.17. The SMILES string of the molecule is Cc1nc(/C(=N/OC(C)(C)C(=O)OC(C)(C)C)C(=O)O)ns1. The van der Waals surface area contributed by atoms with Crippen molar-refractivity contribution >= 4 is 29.2 Å². The molecule has 1 heterocycles. The van der Waals surface area contributed by atoms with Gasteiger partial charge in [0.15, 0.2) is 0 Å². The van der Waals surface area contributed by atoms with E-state index < -0.39 is 28.9 Å². The van der Waals surface area contributed by atoms with E-state index in [0.717, 1.165) is 11.5 Å². The van der Waals surface area contributed by atoms with E-state index in [2.05, 4.69) is 14.5 Å². The Kier molecular flexibility index (Phi) is 5.23. The number of ether oxygens (including phenoxy) is 1. The number of hydrogen-bond donors (Lipinski definition) is 1. The number of carboxylic acids is 1. The summed E-state index contributed by atoms with van der Waals surface area (Å²) in [4.78, 5) is 32.3. The van der Waals surface area contributed by atoms with Crippen molar-refractivity contribution < 1.29 is 24.3 Å². The van der Waals surface area contributed by atoms with Crippen LogP contribution in [0.15, 0.2) is 5.16 Å². The Balaban J connectivity index is 2.94. The van der Waals surface area contributed by atoms with Crippen LogP contribution in [0.5, 0.6) is 0 Å². The summed E-state index contributed by atoms with van der Waals surface area (Å²) in [6.45, 7) is 9.71. The molecule has 1 aromatic rings. The molecule has 0 amide bonds. The number of oxime groups is 1. The van der Waals surface area contributed by atoms with Crippen LogP contribution in [0.3, 0.4) is 0 Å². The van der Waals surface area contributed by atoms with Gasteiger partial charge in [0.05, 0.1) is 0 Å². The zero-order chi connectivity index (χ0) is 17.1. The number of aryl methyl sites for hydroxylation is 1. The number of rotatable bonds is 5. The molecule has 8 nitrogen and oxygen atoms in total. The Morgan fingerprint density at radius 3 is 2.23 bits per heavy atom. The van der Waals surface area contributed by atoms with Gasteiger partial charge in [0, 0.05) is 0 Å². The van der Waals surface area contributed by atoms with Gasteiger partial charge in [-0.15, -0.1) is 0 Å². The van der Waals surface area contributed by atoms with Crippen LogP contribution >= 0.6 is 11.5 Å². The lowest BCUT2D eigenvalue weighted by Crippen LogP contribution is -2.40. The average Bonchev–Trinajstić information content (AvgIpc) is 2.73. The Labute approximate surface area is 132 Å². The highest BCUT2D eigenvalue weighted by molar-refractivity contribution is 7.05. The van der Waals surface area contributed by atoms with Crippen LogP contribution in [0.25, 0.3) is 0 Å². The molecule has 9 heteroatoms. The zero-order valence-corrected chi connectivity index (χ0v) is 14.1. The molecule has 0 unspecified atom stereocenters. The third-order valence-electron chi connectivity index (χ3n) is 2.20. The van der Waals surface area contributed by atoms with Crippen LogP contribution in [0.1, 0.15) is 45.5 Å². The summed E-state index contributed by atoms with van der Waals surface area (Å²) in [5.41, 5.74) is -2.61. The fourth-order valence-corrected chi connectivity index (χ4v) is 1.64. The zero-order valence-electron chi connectivity index (χ0n) is 13.3. The number of carbonyl (C=O) groups excluding carboxylic acids is 1.